The van der Waals surface area contributed by atoms with Crippen molar-refractivity contribution < 1.29 is 13.5 Å². The second-order valence-corrected chi connectivity index (χ2v) is 10.3. The van der Waals surface area contributed by atoms with Gasteiger partial charge in [0.2, 0.25) is 21.0 Å². The van der Waals surface area contributed by atoms with Crippen molar-refractivity contribution in [2.24, 2.45) is 15.4 Å². The molecule has 4 aromatic rings. The number of fused-ring (bicyclic) bond motifs is 1. The molecule has 1 aromatic heterocycles. The van der Waals surface area contributed by atoms with Crippen molar-refractivity contribution >= 4 is 72.2 Å². The van der Waals surface area contributed by atoms with Gasteiger partial charge in [-0.3, -0.25) is 0 Å². The van der Waals surface area contributed by atoms with Crippen LogP contribution in [0.1, 0.15) is 5.56 Å². The molecule has 168 valence electrons. The minimum atomic E-state index is -3.85. The van der Waals surface area contributed by atoms with E-state index in [2.05, 4.69) is 38.1 Å². The molecule has 1 heterocycles. The van der Waals surface area contributed by atoms with Crippen LogP contribution in [0.2, 0.25) is 0 Å². The van der Waals surface area contributed by atoms with Gasteiger partial charge in [0.25, 0.3) is 0 Å². The van der Waals surface area contributed by atoms with Crippen LogP contribution in [0.3, 0.4) is 0 Å². The lowest BCUT2D eigenvalue weighted by Crippen LogP contribution is -2.13. The highest BCUT2D eigenvalue weighted by Gasteiger charge is 2.17. The van der Waals surface area contributed by atoms with Crippen molar-refractivity contribution in [1.82, 2.24) is 4.57 Å². The summed E-state index contributed by atoms with van der Waals surface area (Å²) in [5.41, 5.74) is 2.53. The van der Waals surface area contributed by atoms with Crippen LogP contribution >= 0.6 is 34.8 Å². The predicted octanol–water partition coefficient (Wildman–Crippen LogP) is 5.13. The first-order valence-electron chi connectivity index (χ1n) is 9.62. The van der Waals surface area contributed by atoms with Gasteiger partial charge < -0.3 is 15.0 Å². The van der Waals surface area contributed by atoms with Gasteiger partial charge in [-0.05, 0) is 76.8 Å². The molecule has 8 nitrogen and oxygen atoms in total. The zero-order valence-electron chi connectivity index (χ0n) is 17.0. The minimum Gasteiger partial charge on any atom is -0.493 e. The van der Waals surface area contributed by atoms with Crippen molar-refractivity contribution in [3.8, 4) is 5.88 Å². The van der Waals surface area contributed by atoms with Gasteiger partial charge in [0.05, 0.1) is 17.0 Å². The number of nitrogens with zero attached hydrogens (tertiary/aromatic N) is 3. The lowest BCUT2D eigenvalue weighted by molar-refractivity contribution is 0.429. The molecule has 4 N–H and O–H groups in total. The second kappa shape index (κ2) is 9.55. The molecule has 0 saturated heterocycles. The number of aromatic hydroxyl groups is 1. The highest BCUT2D eigenvalue weighted by molar-refractivity contribution is 14.1. The van der Waals surface area contributed by atoms with Gasteiger partial charge in [-0.2, -0.15) is 0 Å². The van der Waals surface area contributed by atoms with E-state index >= 15 is 0 Å². The number of aromatic nitrogens is 1. The summed E-state index contributed by atoms with van der Waals surface area (Å²) in [6.07, 6.45) is 0. The van der Waals surface area contributed by atoms with Crippen LogP contribution in [0.4, 0.5) is 11.4 Å². The number of primary sulfonamides is 1. The van der Waals surface area contributed by atoms with E-state index < -0.39 is 10.0 Å². The minimum absolute atomic E-state index is 0.00411. The molecule has 0 aliphatic heterocycles. The van der Waals surface area contributed by atoms with E-state index in [-0.39, 0.29) is 15.9 Å². The SMILES string of the molecule is NS(=O)(=O)c1cccc(NC(=S)N=Nc2c(O)n(Cc3ccccc3)c3ccc(I)cc23)c1. The number of hydrogen-bond acceptors (Lipinski definition) is 5. The summed E-state index contributed by atoms with van der Waals surface area (Å²) in [5, 5.41) is 27.9. The molecular weight excluding hydrogens is 573 g/mol. The first-order valence-corrected chi connectivity index (χ1v) is 12.7. The average molecular weight is 591 g/mol. The quantitative estimate of drug-likeness (QED) is 0.169. The third-order valence-corrected chi connectivity index (χ3v) is 6.58. The van der Waals surface area contributed by atoms with E-state index in [1.54, 1.807) is 10.6 Å². The van der Waals surface area contributed by atoms with Crippen molar-refractivity contribution in [3.63, 3.8) is 0 Å². The van der Waals surface area contributed by atoms with Crippen LogP contribution < -0.4 is 10.5 Å². The zero-order chi connectivity index (χ0) is 23.6. The molecule has 0 saturated carbocycles. The molecular formula is C22H18IN5O3S2. The first-order chi connectivity index (χ1) is 15.7. The summed E-state index contributed by atoms with van der Waals surface area (Å²) in [6, 6.07) is 21.5. The first kappa shape index (κ1) is 23.3. The largest absolute Gasteiger partial charge is 0.493 e. The number of rotatable bonds is 5. The molecule has 0 aliphatic rings. The van der Waals surface area contributed by atoms with Crippen molar-refractivity contribution in [1.29, 1.82) is 0 Å². The number of halogens is 1. The number of azo groups is 1. The average Bonchev–Trinajstić information content (AvgIpc) is 3.03. The monoisotopic (exact) mass is 591 g/mol. The van der Waals surface area contributed by atoms with Crippen LogP contribution in [0.25, 0.3) is 10.9 Å². The molecule has 0 aliphatic carbocycles. The molecule has 0 amide bonds. The van der Waals surface area contributed by atoms with Crippen molar-refractivity contribution in [2.75, 3.05) is 5.32 Å². The number of nitrogens with one attached hydrogen (secondary N) is 1. The van der Waals surface area contributed by atoms with Gasteiger partial charge in [-0.25, -0.2) is 13.6 Å². The van der Waals surface area contributed by atoms with Crippen LogP contribution in [0.5, 0.6) is 5.88 Å². The van der Waals surface area contributed by atoms with E-state index in [0.29, 0.717) is 17.9 Å². The Morgan fingerprint density at radius 3 is 2.58 bits per heavy atom. The van der Waals surface area contributed by atoms with Crippen molar-refractivity contribution in [2.45, 2.75) is 11.4 Å². The molecule has 0 fully saturated rings. The molecule has 0 radical (unpaired) electrons. The summed E-state index contributed by atoms with van der Waals surface area (Å²) < 4.78 is 25.8. The Hall–Kier alpha value is -2.87. The van der Waals surface area contributed by atoms with Gasteiger partial charge in [0.1, 0.15) is 0 Å². The fourth-order valence-electron chi connectivity index (χ4n) is 3.32. The summed E-state index contributed by atoms with van der Waals surface area (Å²) in [5.74, 6) is -0.0291. The maximum Gasteiger partial charge on any atom is 0.238 e. The van der Waals surface area contributed by atoms with Crippen LogP contribution in [-0.4, -0.2) is 23.2 Å². The lowest BCUT2D eigenvalue weighted by Gasteiger charge is -2.07. The highest BCUT2D eigenvalue weighted by Crippen LogP contribution is 2.40. The Labute approximate surface area is 209 Å². The van der Waals surface area contributed by atoms with E-state index in [9.17, 15) is 13.5 Å². The van der Waals surface area contributed by atoms with Crippen molar-refractivity contribution in [3.05, 3.63) is 81.9 Å². The van der Waals surface area contributed by atoms with E-state index in [0.717, 1.165) is 20.0 Å². The topological polar surface area (TPSA) is 122 Å². The molecule has 0 atom stereocenters. The Kier molecular flexibility index (Phi) is 6.74. The lowest BCUT2D eigenvalue weighted by atomic mass is 10.2. The van der Waals surface area contributed by atoms with E-state index in [1.165, 1.54) is 18.2 Å². The smallest absolute Gasteiger partial charge is 0.238 e. The fraction of sp³-hybridized carbons (Fsp3) is 0.0455. The molecule has 4 rings (SSSR count). The molecule has 0 bridgehead atoms. The summed E-state index contributed by atoms with van der Waals surface area (Å²) >= 11 is 7.43. The van der Waals surface area contributed by atoms with E-state index in [4.69, 9.17) is 17.4 Å². The predicted molar refractivity (Wildman–Crippen MR) is 140 cm³/mol. The number of anilines is 1. The van der Waals surface area contributed by atoms with Gasteiger partial charge in [-0.15, -0.1) is 10.2 Å². The zero-order valence-corrected chi connectivity index (χ0v) is 20.8. The molecule has 3 aromatic carbocycles. The Balaban J connectivity index is 1.65. The molecule has 11 heteroatoms. The Morgan fingerprint density at radius 1 is 1.09 bits per heavy atom. The fourth-order valence-corrected chi connectivity index (χ4v) is 4.52. The van der Waals surface area contributed by atoms with Gasteiger partial charge in [-0.1, -0.05) is 36.4 Å². The number of sulfonamides is 1. The Bertz CT molecular complexity index is 1480. The number of benzene rings is 3. The molecule has 0 unspecified atom stereocenters. The highest BCUT2D eigenvalue weighted by atomic mass is 127. The summed E-state index contributed by atoms with van der Waals surface area (Å²) in [4.78, 5) is -0.0524. The maximum absolute atomic E-state index is 11.5. The van der Waals surface area contributed by atoms with Crippen LogP contribution in [0.15, 0.2) is 87.9 Å². The Morgan fingerprint density at radius 2 is 1.85 bits per heavy atom. The van der Waals surface area contributed by atoms with E-state index in [1.807, 2.05) is 48.5 Å². The number of nitrogens with two attached hydrogens (primary N) is 1. The van der Waals surface area contributed by atoms with Gasteiger partial charge >= 0.3 is 0 Å². The van der Waals surface area contributed by atoms with Gasteiger partial charge in [0.15, 0.2) is 5.69 Å². The second-order valence-electron chi connectivity index (χ2n) is 7.11. The maximum atomic E-state index is 11.5. The molecule has 33 heavy (non-hydrogen) atoms. The standard InChI is InChI=1S/C22H18IN5O3S2/c23-15-9-10-19-18(11-15)20(21(29)28(19)13-14-5-2-1-3-6-14)26-27-22(32)25-16-7-4-8-17(12-16)33(24,30)31/h1-12,29H,13H2,(H,25,32)(H2,24,30,31). The number of hydrogen-bond donors (Lipinski definition) is 3. The number of thiocarbonyl (C=S) groups is 1. The molecule has 0 spiro atoms. The van der Waals surface area contributed by atoms with Crippen LogP contribution in [-0.2, 0) is 16.6 Å². The summed E-state index contributed by atoms with van der Waals surface area (Å²) in [7, 11) is -3.85. The summed E-state index contributed by atoms with van der Waals surface area (Å²) in [6.45, 7) is 0.461. The third-order valence-electron chi connectivity index (χ3n) is 4.81. The third kappa shape index (κ3) is 5.38. The van der Waals surface area contributed by atoms with Gasteiger partial charge in [0, 0.05) is 14.6 Å². The van der Waals surface area contributed by atoms with Crippen LogP contribution in [0, 0.1) is 3.57 Å². The normalized spacial score (nSPS) is 11.8.